The Hall–Kier alpha value is -1.88. The Kier molecular flexibility index (Phi) is 7.61. The van der Waals surface area contributed by atoms with Crippen LogP contribution in [0.3, 0.4) is 0 Å². The van der Waals surface area contributed by atoms with Gasteiger partial charge in [0.1, 0.15) is 0 Å². The monoisotopic (exact) mass is 408 g/mol. The normalized spacial score (nSPS) is 17.6. The van der Waals surface area contributed by atoms with Gasteiger partial charge in [0.2, 0.25) is 0 Å². The SMILES string of the molecule is CCCCOC(=O)NC1(C)CCN(C(=O)OC(C(F)(F)F)C(F)(F)F)CC1. The van der Waals surface area contributed by atoms with Gasteiger partial charge in [-0.05, 0) is 26.2 Å². The van der Waals surface area contributed by atoms with E-state index in [1.165, 1.54) is 0 Å². The number of amides is 2. The molecule has 0 aliphatic carbocycles. The van der Waals surface area contributed by atoms with E-state index in [1.54, 1.807) is 6.92 Å². The molecular formula is C15H22F6N2O4. The predicted octanol–water partition coefficient (Wildman–Crippen LogP) is 4.00. The van der Waals surface area contributed by atoms with E-state index >= 15 is 0 Å². The van der Waals surface area contributed by atoms with Gasteiger partial charge in [-0.3, -0.25) is 0 Å². The number of unbranched alkanes of at least 4 members (excludes halogenated alkanes) is 1. The van der Waals surface area contributed by atoms with E-state index in [2.05, 4.69) is 10.1 Å². The third kappa shape index (κ3) is 7.33. The highest BCUT2D eigenvalue weighted by molar-refractivity contribution is 5.69. The van der Waals surface area contributed by atoms with Crippen molar-refractivity contribution in [1.29, 1.82) is 0 Å². The molecule has 1 aliphatic rings. The first-order valence-corrected chi connectivity index (χ1v) is 8.32. The molecule has 6 nitrogen and oxygen atoms in total. The van der Waals surface area contributed by atoms with Gasteiger partial charge in [0, 0.05) is 18.6 Å². The maximum Gasteiger partial charge on any atom is 0.434 e. The highest BCUT2D eigenvalue weighted by Crippen LogP contribution is 2.36. The van der Waals surface area contributed by atoms with Gasteiger partial charge in [0.25, 0.3) is 6.10 Å². The Labute approximate surface area is 152 Å². The average Bonchev–Trinajstić information content (AvgIpc) is 2.50. The van der Waals surface area contributed by atoms with E-state index in [4.69, 9.17) is 4.74 Å². The van der Waals surface area contributed by atoms with Crippen LogP contribution in [0.2, 0.25) is 0 Å². The third-order valence-corrected chi connectivity index (χ3v) is 4.07. The van der Waals surface area contributed by atoms with Crippen LogP contribution in [-0.2, 0) is 9.47 Å². The molecule has 1 fully saturated rings. The van der Waals surface area contributed by atoms with Crippen LogP contribution in [0.5, 0.6) is 0 Å². The molecule has 1 saturated heterocycles. The van der Waals surface area contributed by atoms with Gasteiger partial charge in [0.05, 0.1) is 6.61 Å². The average molecular weight is 408 g/mol. The van der Waals surface area contributed by atoms with Gasteiger partial charge in [-0.25, -0.2) is 9.59 Å². The van der Waals surface area contributed by atoms with Gasteiger partial charge in [-0.2, -0.15) is 26.3 Å². The van der Waals surface area contributed by atoms with Crippen molar-refractivity contribution in [2.75, 3.05) is 19.7 Å². The number of nitrogens with one attached hydrogen (secondary N) is 1. The molecule has 1 aliphatic heterocycles. The van der Waals surface area contributed by atoms with Crippen LogP contribution in [0, 0.1) is 0 Å². The number of piperidine rings is 1. The zero-order valence-corrected chi connectivity index (χ0v) is 14.9. The number of carbonyl (C=O) groups is 2. The molecule has 0 radical (unpaired) electrons. The zero-order chi connectivity index (χ0) is 20.9. The number of alkyl halides is 6. The Bertz CT molecular complexity index is 501. The summed E-state index contributed by atoms with van der Waals surface area (Å²) in [7, 11) is 0. The van der Waals surface area contributed by atoms with Gasteiger partial charge in [-0.15, -0.1) is 0 Å². The summed E-state index contributed by atoms with van der Waals surface area (Å²) in [4.78, 5) is 24.1. The lowest BCUT2D eigenvalue weighted by atomic mass is 9.90. The maximum atomic E-state index is 12.5. The van der Waals surface area contributed by atoms with Crippen molar-refractivity contribution in [3.8, 4) is 0 Å². The Morgan fingerprint density at radius 1 is 1.11 bits per heavy atom. The number of halogens is 6. The van der Waals surface area contributed by atoms with E-state index in [1.807, 2.05) is 6.92 Å². The van der Waals surface area contributed by atoms with Crippen molar-refractivity contribution < 1.29 is 45.4 Å². The minimum Gasteiger partial charge on any atom is -0.450 e. The first-order valence-electron chi connectivity index (χ1n) is 8.32. The Balaban J connectivity index is 2.57. The molecule has 0 spiro atoms. The summed E-state index contributed by atoms with van der Waals surface area (Å²) in [5.74, 6) is 0. The fourth-order valence-corrected chi connectivity index (χ4v) is 2.39. The third-order valence-electron chi connectivity index (χ3n) is 4.07. The lowest BCUT2D eigenvalue weighted by molar-refractivity contribution is -0.308. The summed E-state index contributed by atoms with van der Waals surface area (Å²) in [6.45, 7) is 3.44. The highest BCUT2D eigenvalue weighted by Gasteiger charge is 2.60. The lowest BCUT2D eigenvalue weighted by Crippen LogP contribution is -2.55. The molecule has 0 aromatic rings. The molecular weight excluding hydrogens is 386 g/mol. The summed E-state index contributed by atoms with van der Waals surface area (Å²) in [6, 6.07) is 0. The van der Waals surface area contributed by atoms with Gasteiger partial charge in [-0.1, -0.05) is 13.3 Å². The molecule has 0 unspecified atom stereocenters. The van der Waals surface area contributed by atoms with E-state index in [0.717, 1.165) is 11.3 Å². The van der Waals surface area contributed by atoms with Crippen molar-refractivity contribution in [2.24, 2.45) is 0 Å². The zero-order valence-electron chi connectivity index (χ0n) is 14.9. The first-order chi connectivity index (χ1) is 12.3. The summed E-state index contributed by atoms with van der Waals surface area (Å²) < 4.78 is 83.4. The van der Waals surface area contributed by atoms with Crippen molar-refractivity contribution in [3.05, 3.63) is 0 Å². The van der Waals surface area contributed by atoms with E-state index in [0.29, 0.717) is 6.42 Å². The Morgan fingerprint density at radius 3 is 2.07 bits per heavy atom. The summed E-state index contributed by atoms with van der Waals surface area (Å²) in [6.07, 6.45) is -16.3. The molecule has 0 aromatic carbocycles. The van der Waals surface area contributed by atoms with Crippen LogP contribution in [0.15, 0.2) is 0 Å². The molecule has 0 bridgehead atoms. The van der Waals surface area contributed by atoms with Crippen LogP contribution in [0.25, 0.3) is 0 Å². The van der Waals surface area contributed by atoms with Crippen LogP contribution in [0.1, 0.15) is 39.5 Å². The van der Waals surface area contributed by atoms with Crippen molar-refractivity contribution in [2.45, 2.75) is 63.5 Å². The second kappa shape index (κ2) is 8.87. The molecule has 1 N–H and O–H groups in total. The summed E-state index contributed by atoms with van der Waals surface area (Å²) in [5, 5.41) is 2.60. The first kappa shape index (κ1) is 23.2. The lowest BCUT2D eigenvalue weighted by Gasteiger charge is -2.39. The van der Waals surface area contributed by atoms with Crippen LogP contribution >= 0.6 is 0 Å². The largest absolute Gasteiger partial charge is 0.450 e. The molecule has 0 aromatic heterocycles. The maximum absolute atomic E-state index is 12.5. The number of likely N-dealkylation sites (tertiary alicyclic amines) is 1. The molecule has 1 heterocycles. The van der Waals surface area contributed by atoms with E-state index < -0.39 is 36.2 Å². The molecule has 2 amide bonds. The fourth-order valence-electron chi connectivity index (χ4n) is 2.39. The van der Waals surface area contributed by atoms with Crippen molar-refractivity contribution >= 4 is 12.2 Å². The second-order valence-corrected chi connectivity index (χ2v) is 6.51. The number of hydrogen-bond donors (Lipinski definition) is 1. The highest BCUT2D eigenvalue weighted by atomic mass is 19.4. The topological polar surface area (TPSA) is 67.9 Å². The predicted molar refractivity (Wildman–Crippen MR) is 81.0 cm³/mol. The number of hydrogen-bond acceptors (Lipinski definition) is 4. The fraction of sp³-hybridized carbons (Fsp3) is 0.867. The molecule has 27 heavy (non-hydrogen) atoms. The summed E-state index contributed by atoms with van der Waals surface area (Å²) in [5.41, 5.74) is -0.798. The van der Waals surface area contributed by atoms with Crippen molar-refractivity contribution in [1.82, 2.24) is 10.2 Å². The van der Waals surface area contributed by atoms with E-state index in [9.17, 15) is 35.9 Å². The minimum atomic E-state index is -5.76. The molecule has 12 heteroatoms. The van der Waals surface area contributed by atoms with E-state index in [-0.39, 0.29) is 32.5 Å². The molecule has 0 saturated carbocycles. The molecule has 0 atom stereocenters. The van der Waals surface area contributed by atoms with Crippen molar-refractivity contribution in [3.63, 3.8) is 0 Å². The van der Waals surface area contributed by atoms with Crippen LogP contribution < -0.4 is 5.32 Å². The molecule has 158 valence electrons. The van der Waals surface area contributed by atoms with Crippen LogP contribution in [-0.4, -0.2) is 60.8 Å². The summed E-state index contributed by atoms with van der Waals surface area (Å²) >= 11 is 0. The van der Waals surface area contributed by atoms with Gasteiger partial charge >= 0.3 is 24.5 Å². The van der Waals surface area contributed by atoms with Gasteiger partial charge < -0.3 is 19.7 Å². The Morgan fingerprint density at radius 2 is 1.63 bits per heavy atom. The number of rotatable bonds is 5. The minimum absolute atomic E-state index is 0.119. The number of ether oxygens (including phenoxy) is 2. The smallest absolute Gasteiger partial charge is 0.434 e. The molecule has 1 rings (SSSR count). The van der Waals surface area contributed by atoms with Crippen LogP contribution in [0.4, 0.5) is 35.9 Å². The number of carbonyl (C=O) groups excluding carboxylic acids is 2. The van der Waals surface area contributed by atoms with Gasteiger partial charge in [0.15, 0.2) is 0 Å². The standard InChI is InChI=1S/C15H22F6N2O4/c1-3-4-9-26-11(24)22-13(2)5-7-23(8-6-13)12(25)27-10(14(16,17)18)15(19,20)21/h10H,3-9H2,1-2H3,(H,22,24). The quantitative estimate of drug-likeness (QED) is 0.552. The number of alkyl carbamates (subject to hydrolysis) is 1. The number of nitrogens with zero attached hydrogens (tertiary/aromatic N) is 1. The second-order valence-electron chi connectivity index (χ2n) is 6.51.